The van der Waals surface area contributed by atoms with Crippen LogP contribution in [0.2, 0.25) is 0 Å². The first-order chi connectivity index (χ1) is 12.5. The smallest absolute Gasteiger partial charge is 0.0683 e. The van der Waals surface area contributed by atoms with Crippen LogP contribution in [0, 0.1) is 5.92 Å². The number of rotatable bonds is 6. The van der Waals surface area contributed by atoms with E-state index >= 15 is 0 Å². The molecule has 3 nitrogen and oxygen atoms in total. The van der Waals surface area contributed by atoms with E-state index in [9.17, 15) is 0 Å². The molecule has 0 spiro atoms. The lowest BCUT2D eigenvalue weighted by Crippen LogP contribution is -2.10. The fourth-order valence-corrected chi connectivity index (χ4v) is 2.11. The summed E-state index contributed by atoms with van der Waals surface area (Å²) in [4.78, 5) is 0. The summed E-state index contributed by atoms with van der Waals surface area (Å²) in [6.45, 7) is 23.4. The molecule has 152 valence electrons. The number of hydrogen-bond donors (Lipinski definition) is 0. The minimum Gasteiger partial charge on any atom is -0.379 e. The van der Waals surface area contributed by atoms with Gasteiger partial charge in [-0.3, -0.25) is 4.68 Å². The molecule has 0 aliphatic carbocycles. The van der Waals surface area contributed by atoms with Crippen molar-refractivity contribution in [2.24, 2.45) is 5.92 Å². The average molecular weight is 365 g/mol. The third-order valence-corrected chi connectivity index (χ3v) is 3.23. The highest BCUT2D eigenvalue weighted by Gasteiger charge is 2.05. The largest absolute Gasteiger partial charge is 0.379 e. The maximum atomic E-state index is 5.62. The van der Waals surface area contributed by atoms with Gasteiger partial charge in [-0.25, -0.2) is 0 Å². The average Bonchev–Trinajstić information content (AvgIpc) is 3.05. The van der Waals surface area contributed by atoms with Gasteiger partial charge in [0.1, 0.15) is 0 Å². The number of aromatic nitrogens is 2. The van der Waals surface area contributed by atoms with Gasteiger partial charge in [0.25, 0.3) is 0 Å². The van der Waals surface area contributed by atoms with Gasteiger partial charge in [0.15, 0.2) is 0 Å². The second-order valence-electron chi connectivity index (χ2n) is 6.52. The zero-order chi connectivity index (χ0) is 20.5. The van der Waals surface area contributed by atoms with Gasteiger partial charge in [0, 0.05) is 12.0 Å². The van der Waals surface area contributed by atoms with Gasteiger partial charge < -0.3 is 4.74 Å². The molecular weight excluding hydrogens is 320 g/mol. The maximum Gasteiger partial charge on any atom is 0.0683 e. The molecule has 0 N–H and O–H groups in total. The van der Waals surface area contributed by atoms with Crippen molar-refractivity contribution in [3.8, 4) is 0 Å². The Bertz CT molecular complexity index is 544. The van der Waals surface area contributed by atoms with Crippen molar-refractivity contribution < 1.29 is 4.74 Å². The number of fused-ring (bicyclic) bond motifs is 1. The number of ether oxygens (including phenoxy) is 1. The van der Waals surface area contributed by atoms with Gasteiger partial charge in [-0.2, -0.15) is 5.10 Å². The first-order valence-electron chi connectivity index (χ1n) is 10.5. The Balaban J connectivity index is 0. The lowest BCUT2D eigenvalue weighted by molar-refractivity contribution is 0.102. The fraction of sp³-hybridized carbons (Fsp3) is 0.696. The quantitative estimate of drug-likeness (QED) is 0.503. The molecule has 0 radical (unpaired) electrons. The first-order valence-corrected chi connectivity index (χ1v) is 10.5. The Hall–Kier alpha value is -1.35. The summed E-state index contributed by atoms with van der Waals surface area (Å²) in [6, 6.07) is 6.60. The highest BCUT2D eigenvalue weighted by Crippen LogP contribution is 2.21. The molecule has 0 aliphatic rings. The summed E-state index contributed by atoms with van der Waals surface area (Å²) in [7, 11) is 0. The Morgan fingerprint density at radius 3 is 2.08 bits per heavy atom. The molecule has 0 fully saturated rings. The van der Waals surface area contributed by atoms with E-state index in [4.69, 9.17) is 4.74 Å². The van der Waals surface area contributed by atoms with E-state index in [0.717, 1.165) is 19.8 Å². The van der Waals surface area contributed by atoms with Gasteiger partial charge in [-0.05, 0) is 29.5 Å². The van der Waals surface area contributed by atoms with Gasteiger partial charge >= 0.3 is 0 Å². The molecule has 3 heteroatoms. The van der Waals surface area contributed by atoms with Crippen LogP contribution in [0.5, 0.6) is 0 Å². The van der Waals surface area contributed by atoms with E-state index in [1.54, 1.807) is 0 Å². The summed E-state index contributed by atoms with van der Waals surface area (Å²) >= 11 is 0. The number of benzene rings is 1. The third kappa shape index (κ3) is 10.6. The molecule has 0 unspecified atom stereocenters. The topological polar surface area (TPSA) is 27.1 Å². The molecule has 2 aromatic rings. The summed E-state index contributed by atoms with van der Waals surface area (Å²) < 4.78 is 7.65. The van der Waals surface area contributed by atoms with Crippen molar-refractivity contribution in [3.63, 3.8) is 0 Å². The summed E-state index contributed by atoms with van der Waals surface area (Å²) in [6.07, 6.45) is 3.20. The molecule has 0 saturated heterocycles. The molecule has 2 rings (SSSR count). The van der Waals surface area contributed by atoms with E-state index in [2.05, 4.69) is 64.8 Å². The highest BCUT2D eigenvalue weighted by molar-refractivity contribution is 5.79. The molecule has 1 aromatic heterocycles. The molecule has 0 bridgehead atoms. The van der Waals surface area contributed by atoms with E-state index in [1.807, 2.05) is 38.6 Å². The summed E-state index contributed by atoms with van der Waals surface area (Å²) in [5, 5.41) is 5.67. The van der Waals surface area contributed by atoms with Crippen LogP contribution in [0.25, 0.3) is 10.9 Å². The van der Waals surface area contributed by atoms with Crippen LogP contribution in [0.1, 0.15) is 87.1 Å². The Morgan fingerprint density at radius 2 is 1.58 bits per heavy atom. The molecule has 0 amide bonds. The zero-order valence-electron chi connectivity index (χ0n) is 19.1. The van der Waals surface area contributed by atoms with Crippen LogP contribution in [-0.4, -0.2) is 23.0 Å². The van der Waals surface area contributed by atoms with E-state index in [0.29, 0.717) is 11.8 Å². The SMILES string of the molecule is CC.CC.CC(C)COCCn1ncc2cc(C(C)C)ccc21.CCC. The first kappa shape index (κ1) is 26.9. The van der Waals surface area contributed by atoms with Gasteiger partial charge in [0.2, 0.25) is 0 Å². The van der Waals surface area contributed by atoms with Crippen LogP contribution < -0.4 is 0 Å². The Labute approximate surface area is 163 Å². The van der Waals surface area contributed by atoms with Crippen LogP contribution >= 0.6 is 0 Å². The molecule has 0 aliphatic heterocycles. The number of hydrogen-bond acceptors (Lipinski definition) is 2. The summed E-state index contributed by atoms with van der Waals surface area (Å²) in [5.41, 5.74) is 2.56. The lowest BCUT2D eigenvalue weighted by Gasteiger charge is -2.08. The fourth-order valence-electron chi connectivity index (χ4n) is 2.11. The third-order valence-electron chi connectivity index (χ3n) is 3.23. The van der Waals surface area contributed by atoms with Crippen molar-refractivity contribution in [3.05, 3.63) is 30.0 Å². The standard InChI is InChI=1S/C16H24N2O.C3H8.2C2H6/c1-12(2)11-19-8-7-18-16-6-5-14(13(3)4)9-15(16)10-17-18;1-3-2;2*1-2/h5-6,9-10,12-13H,7-8,11H2,1-4H3;3H2,1-2H3;2*1-2H3. The van der Waals surface area contributed by atoms with E-state index < -0.39 is 0 Å². The minimum atomic E-state index is 0.558. The van der Waals surface area contributed by atoms with Crippen molar-refractivity contribution >= 4 is 10.9 Å². The molecule has 0 saturated carbocycles. The number of nitrogens with zero attached hydrogens (tertiary/aromatic N) is 2. The molecule has 0 atom stereocenters. The molecule has 1 aromatic carbocycles. The van der Waals surface area contributed by atoms with Crippen molar-refractivity contribution in [2.45, 2.75) is 88.1 Å². The molecule has 1 heterocycles. The predicted molar refractivity (Wildman–Crippen MR) is 118 cm³/mol. The lowest BCUT2D eigenvalue weighted by atomic mass is 10.0. The predicted octanol–water partition coefficient (Wildman–Crippen LogP) is 7.30. The van der Waals surface area contributed by atoms with Crippen molar-refractivity contribution in [1.29, 1.82) is 0 Å². The second kappa shape index (κ2) is 17.1. The monoisotopic (exact) mass is 364 g/mol. The molecule has 26 heavy (non-hydrogen) atoms. The maximum absolute atomic E-state index is 5.62. The Morgan fingerprint density at radius 1 is 1.00 bits per heavy atom. The minimum absolute atomic E-state index is 0.558. The van der Waals surface area contributed by atoms with Crippen LogP contribution in [0.3, 0.4) is 0 Å². The van der Waals surface area contributed by atoms with Crippen LogP contribution in [0.15, 0.2) is 24.4 Å². The second-order valence-corrected chi connectivity index (χ2v) is 6.52. The van der Waals surface area contributed by atoms with E-state index in [1.165, 1.54) is 22.9 Å². The summed E-state index contributed by atoms with van der Waals surface area (Å²) in [5.74, 6) is 1.14. The van der Waals surface area contributed by atoms with E-state index in [-0.39, 0.29) is 0 Å². The zero-order valence-corrected chi connectivity index (χ0v) is 19.1. The van der Waals surface area contributed by atoms with Crippen molar-refractivity contribution in [2.75, 3.05) is 13.2 Å². The van der Waals surface area contributed by atoms with Crippen molar-refractivity contribution in [1.82, 2.24) is 9.78 Å². The Kier molecular flexibility index (Phi) is 17.7. The van der Waals surface area contributed by atoms with Gasteiger partial charge in [-0.1, -0.05) is 81.7 Å². The van der Waals surface area contributed by atoms with Gasteiger partial charge in [0.05, 0.1) is 24.9 Å². The molecular formula is C23H44N2O. The normalized spacial score (nSPS) is 9.85. The van der Waals surface area contributed by atoms with Crippen LogP contribution in [-0.2, 0) is 11.3 Å². The highest BCUT2D eigenvalue weighted by atomic mass is 16.5. The van der Waals surface area contributed by atoms with Gasteiger partial charge in [-0.15, -0.1) is 0 Å². The van der Waals surface area contributed by atoms with Crippen LogP contribution in [0.4, 0.5) is 0 Å².